The number of carbonyl (C=O) groups excluding carboxylic acids is 1. The van der Waals surface area contributed by atoms with Crippen molar-refractivity contribution in [3.63, 3.8) is 0 Å². The van der Waals surface area contributed by atoms with Gasteiger partial charge < -0.3 is 14.7 Å². The number of amides is 1. The normalized spacial score (nSPS) is 16.4. The zero-order valence-corrected chi connectivity index (χ0v) is 13.0. The second-order valence-electron chi connectivity index (χ2n) is 5.61. The molecule has 0 spiro atoms. The lowest BCUT2D eigenvalue weighted by Crippen LogP contribution is -2.45. The largest absolute Gasteiger partial charge is 0.497 e. The molecular weight excluding hydrogens is 313 g/mol. The van der Waals surface area contributed by atoms with Crippen LogP contribution in [0.5, 0.6) is 5.75 Å². The summed E-state index contributed by atoms with van der Waals surface area (Å²) in [4.78, 5) is 25.6. The molecule has 2 aromatic rings. The van der Waals surface area contributed by atoms with E-state index in [2.05, 4.69) is 0 Å². The van der Waals surface area contributed by atoms with Gasteiger partial charge in [0.1, 0.15) is 11.6 Å². The van der Waals surface area contributed by atoms with Gasteiger partial charge >= 0.3 is 5.97 Å². The van der Waals surface area contributed by atoms with Gasteiger partial charge in [0.25, 0.3) is 5.91 Å². The van der Waals surface area contributed by atoms with Gasteiger partial charge in [0, 0.05) is 12.1 Å². The van der Waals surface area contributed by atoms with Crippen LogP contribution in [0, 0.1) is 5.82 Å². The Balaban J connectivity index is 1.87. The van der Waals surface area contributed by atoms with Gasteiger partial charge in [-0.1, -0.05) is 12.1 Å². The quantitative estimate of drug-likeness (QED) is 0.936. The third kappa shape index (κ3) is 2.95. The summed E-state index contributed by atoms with van der Waals surface area (Å²) in [7, 11) is 1.42. The van der Waals surface area contributed by atoms with Crippen molar-refractivity contribution in [2.75, 3.05) is 13.7 Å². The van der Waals surface area contributed by atoms with Crippen LogP contribution < -0.4 is 4.74 Å². The summed E-state index contributed by atoms with van der Waals surface area (Å²) in [6.07, 6.45) is 0.785. The summed E-state index contributed by atoms with van der Waals surface area (Å²) in [5, 5.41) is 9.16. The molecule has 0 saturated carbocycles. The van der Waals surface area contributed by atoms with Crippen LogP contribution in [0.2, 0.25) is 0 Å². The van der Waals surface area contributed by atoms with Crippen LogP contribution >= 0.6 is 0 Å². The molecule has 0 bridgehead atoms. The van der Waals surface area contributed by atoms with E-state index in [4.69, 9.17) is 9.84 Å². The number of carbonyl (C=O) groups is 2. The Hall–Kier alpha value is -2.89. The number of carboxylic acids is 1. The highest BCUT2D eigenvalue weighted by molar-refractivity contribution is 5.98. The zero-order valence-electron chi connectivity index (χ0n) is 13.0. The number of nitrogens with zero attached hydrogens (tertiary/aromatic N) is 1. The molecule has 3 rings (SSSR count). The second kappa shape index (κ2) is 6.31. The van der Waals surface area contributed by atoms with Crippen LogP contribution in [0.25, 0.3) is 0 Å². The van der Waals surface area contributed by atoms with Crippen LogP contribution in [0.4, 0.5) is 4.39 Å². The number of benzene rings is 2. The average molecular weight is 329 g/mol. The van der Waals surface area contributed by atoms with Gasteiger partial charge in [-0.15, -0.1) is 0 Å². The molecule has 0 aromatic heterocycles. The minimum atomic E-state index is -1.12. The first kappa shape index (κ1) is 16.0. The maximum absolute atomic E-state index is 13.0. The molecule has 0 radical (unpaired) electrons. The van der Waals surface area contributed by atoms with Crippen LogP contribution in [-0.2, 0) is 0 Å². The number of rotatable bonds is 4. The molecule has 124 valence electrons. The molecule has 1 saturated heterocycles. The first-order valence-corrected chi connectivity index (χ1v) is 7.48. The highest BCUT2D eigenvalue weighted by atomic mass is 19.1. The number of halogens is 1. The Morgan fingerprint density at radius 1 is 1.17 bits per heavy atom. The van der Waals surface area contributed by atoms with E-state index in [1.807, 2.05) is 0 Å². The number of aromatic carboxylic acids is 1. The number of hydrogen-bond donors (Lipinski definition) is 1. The lowest BCUT2D eigenvalue weighted by atomic mass is 9.93. The van der Waals surface area contributed by atoms with Crippen molar-refractivity contribution >= 4 is 11.9 Å². The summed E-state index contributed by atoms with van der Waals surface area (Å²) in [5.41, 5.74) is 1.12. The van der Waals surface area contributed by atoms with Crippen LogP contribution in [0.15, 0.2) is 42.5 Å². The molecule has 1 aliphatic heterocycles. The molecule has 1 amide bonds. The predicted molar refractivity (Wildman–Crippen MR) is 84.7 cm³/mol. The lowest BCUT2D eigenvalue weighted by molar-refractivity contribution is 0.0460. The van der Waals surface area contributed by atoms with Gasteiger partial charge in [-0.05, 0) is 42.3 Å². The third-order valence-electron chi connectivity index (χ3n) is 4.17. The fourth-order valence-corrected chi connectivity index (χ4v) is 2.79. The monoisotopic (exact) mass is 329 g/mol. The van der Waals surface area contributed by atoms with Crippen molar-refractivity contribution in [2.45, 2.75) is 12.5 Å². The highest BCUT2D eigenvalue weighted by Gasteiger charge is 2.34. The summed E-state index contributed by atoms with van der Waals surface area (Å²) < 4.78 is 18.1. The van der Waals surface area contributed by atoms with E-state index < -0.39 is 5.97 Å². The minimum absolute atomic E-state index is 0.00319. The van der Waals surface area contributed by atoms with Crippen molar-refractivity contribution in [3.05, 3.63) is 65.0 Å². The average Bonchev–Trinajstić information content (AvgIpc) is 2.55. The SMILES string of the molecule is COc1cc(C(=O)O)cc(C(=O)N2CC[C@@H]2c2ccc(F)cc2)c1. The Labute approximate surface area is 138 Å². The Morgan fingerprint density at radius 3 is 2.38 bits per heavy atom. The molecule has 0 unspecified atom stereocenters. The van der Waals surface area contributed by atoms with E-state index in [1.165, 1.54) is 37.4 Å². The molecule has 1 aliphatic rings. The first-order valence-electron chi connectivity index (χ1n) is 7.48. The molecule has 1 fully saturated rings. The fraction of sp³-hybridized carbons (Fsp3) is 0.222. The number of likely N-dealkylation sites (tertiary alicyclic amines) is 1. The molecule has 2 aromatic carbocycles. The lowest BCUT2D eigenvalue weighted by Gasteiger charge is -2.41. The van der Waals surface area contributed by atoms with E-state index in [-0.39, 0.29) is 28.9 Å². The molecule has 24 heavy (non-hydrogen) atoms. The number of methoxy groups -OCH3 is 1. The maximum atomic E-state index is 13.0. The maximum Gasteiger partial charge on any atom is 0.335 e. The van der Waals surface area contributed by atoms with E-state index in [1.54, 1.807) is 17.0 Å². The molecule has 1 N–H and O–H groups in total. The minimum Gasteiger partial charge on any atom is -0.497 e. The zero-order chi connectivity index (χ0) is 17.3. The summed E-state index contributed by atoms with van der Waals surface area (Å²) >= 11 is 0. The fourth-order valence-electron chi connectivity index (χ4n) is 2.79. The number of carboxylic acid groups (broad SMARTS) is 1. The number of ether oxygens (including phenoxy) is 1. The standard InChI is InChI=1S/C18H16FNO4/c1-24-15-9-12(8-13(10-15)18(22)23)17(21)20-7-6-16(20)11-2-4-14(19)5-3-11/h2-5,8-10,16H,6-7H2,1H3,(H,22,23)/t16-/m1/s1. The van der Waals surface area contributed by atoms with Crippen molar-refractivity contribution < 1.29 is 23.8 Å². The van der Waals surface area contributed by atoms with Crippen LogP contribution in [0.3, 0.4) is 0 Å². The van der Waals surface area contributed by atoms with E-state index >= 15 is 0 Å². The molecule has 5 nitrogen and oxygen atoms in total. The van der Waals surface area contributed by atoms with E-state index in [0.717, 1.165) is 12.0 Å². The third-order valence-corrected chi connectivity index (χ3v) is 4.17. The van der Waals surface area contributed by atoms with Crippen molar-refractivity contribution in [2.24, 2.45) is 0 Å². The number of hydrogen-bond acceptors (Lipinski definition) is 3. The Bertz CT molecular complexity index is 788. The molecule has 1 heterocycles. The molecular formula is C18H16FNO4. The predicted octanol–water partition coefficient (Wildman–Crippen LogP) is 3.12. The second-order valence-corrected chi connectivity index (χ2v) is 5.61. The Morgan fingerprint density at radius 2 is 1.83 bits per heavy atom. The van der Waals surface area contributed by atoms with Gasteiger partial charge in [0.15, 0.2) is 0 Å². The van der Waals surface area contributed by atoms with E-state index in [9.17, 15) is 14.0 Å². The summed E-state index contributed by atoms with van der Waals surface area (Å²) in [6.45, 7) is 0.570. The van der Waals surface area contributed by atoms with E-state index in [0.29, 0.717) is 12.3 Å². The highest BCUT2D eigenvalue weighted by Crippen LogP contribution is 2.35. The smallest absolute Gasteiger partial charge is 0.335 e. The summed E-state index contributed by atoms with van der Waals surface area (Å²) in [5.74, 6) is -1.40. The van der Waals surface area contributed by atoms with Gasteiger partial charge in [0.2, 0.25) is 0 Å². The van der Waals surface area contributed by atoms with Gasteiger partial charge in [-0.25, -0.2) is 9.18 Å². The topological polar surface area (TPSA) is 66.8 Å². The van der Waals surface area contributed by atoms with Crippen molar-refractivity contribution in [1.29, 1.82) is 0 Å². The van der Waals surface area contributed by atoms with Crippen molar-refractivity contribution in [1.82, 2.24) is 4.90 Å². The molecule has 1 atom stereocenters. The summed E-state index contributed by atoms with van der Waals surface area (Å²) in [6, 6.07) is 10.2. The first-order chi connectivity index (χ1) is 11.5. The molecule has 6 heteroatoms. The van der Waals surface area contributed by atoms with Crippen LogP contribution in [0.1, 0.15) is 38.7 Å². The van der Waals surface area contributed by atoms with Gasteiger partial charge in [0.05, 0.1) is 18.7 Å². The van der Waals surface area contributed by atoms with Crippen LogP contribution in [-0.4, -0.2) is 35.5 Å². The van der Waals surface area contributed by atoms with Crippen molar-refractivity contribution in [3.8, 4) is 5.75 Å². The Kier molecular flexibility index (Phi) is 4.20. The van der Waals surface area contributed by atoms with Gasteiger partial charge in [-0.3, -0.25) is 4.79 Å². The molecule has 0 aliphatic carbocycles. The van der Waals surface area contributed by atoms with Gasteiger partial charge in [-0.2, -0.15) is 0 Å².